The quantitative estimate of drug-likeness (QED) is 0.745. The number of anilines is 1. The number of halogens is 1. The van der Waals surface area contributed by atoms with Gasteiger partial charge in [-0.2, -0.15) is 0 Å². The molecule has 0 spiro atoms. The van der Waals surface area contributed by atoms with E-state index in [9.17, 15) is 9.59 Å². The van der Waals surface area contributed by atoms with Crippen molar-refractivity contribution in [2.75, 3.05) is 19.0 Å². The third-order valence-electron chi connectivity index (χ3n) is 3.97. The van der Waals surface area contributed by atoms with E-state index in [2.05, 4.69) is 26.1 Å². The third kappa shape index (κ3) is 6.29. The normalized spacial score (nSPS) is 11.0. The zero-order chi connectivity index (χ0) is 20.0. The molecule has 0 aliphatic carbocycles. The largest absolute Gasteiger partial charge is 0.495 e. The number of ether oxygens (including phenoxy) is 2. The lowest BCUT2D eigenvalue weighted by molar-refractivity contribution is -0.146. The van der Waals surface area contributed by atoms with Gasteiger partial charge in [-0.1, -0.05) is 50.6 Å². The van der Waals surface area contributed by atoms with E-state index in [1.54, 1.807) is 24.3 Å². The van der Waals surface area contributed by atoms with E-state index in [0.717, 1.165) is 11.1 Å². The predicted molar refractivity (Wildman–Crippen MR) is 106 cm³/mol. The maximum absolute atomic E-state index is 12.2. The van der Waals surface area contributed by atoms with Gasteiger partial charge in [0.2, 0.25) is 0 Å². The topological polar surface area (TPSA) is 64.6 Å². The van der Waals surface area contributed by atoms with Gasteiger partial charge in [0.05, 0.1) is 19.2 Å². The number of carbonyl (C=O) groups excluding carboxylic acids is 2. The number of methoxy groups -OCH3 is 1. The molecule has 0 radical (unpaired) electrons. The number of hydrogen-bond acceptors (Lipinski definition) is 4. The van der Waals surface area contributed by atoms with Crippen LogP contribution in [-0.2, 0) is 26.2 Å². The van der Waals surface area contributed by atoms with E-state index in [1.165, 1.54) is 7.11 Å². The summed E-state index contributed by atoms with van der Waals surface area (Å²) in [5, 5.41) is 3.34. The summed E-state index contributed by atoms with van der Waals surface area (Å²) >= 11 is 5.81. The second-order valence-corrected chi connectivity index (χ2v) is 7.61. The van der Waals surface area contributed by atoms with Crippen LogP contribution in [0.2, 0.25) is 5.02 Å². The molecule has 0 saturated heterocycles. The molecule has 1 N–H and O–H groups in total. The molecule has 0 heterocycles. The minimum Gasteiger partial charge on any atom is -0.495 e. The van der Waals surface area contributed by atoms with Gasteiger partial charge < -0.3 is 14.8 Å². The second kappa shape index (κ2) is 8.91. The number of nitrogens with one attached hydrogen (secondary N) is 1. The van der Waals surface area contributed by atoms with Crippen LogP contribution in [0.5, 0.6) is 5.75 Å². The van der Waals surface area contributed by atoms with E-state index in [-0.39, 0.29) is 18.4 Å². The SMILES string of the molecule is COc1ccc(C(C)(C)C)cc1NC(=O)COC(=O)Cc1ccc(Cl)cc1. The Morgan fingerprint density at radius 1 is 1.07 bits per heavy atom. The highest BCUT2D eigenvalue weighted by atomic mass is 35.5. The van der Waals surface area contributed by atoms with E-state index in [0.29, 0.717) is 16.5 Å². The maximum atomic E-state index is 12.2. The molecule has 0 bridgehead atoms. The molecule has 144 valence electrons. The lowest BCUT2D eigenvalue weighted by atomic mass is 9.87. The fourth-order valence-corrected chi connectivity index (χ4v) is 2.55. The highest BCUT2D eigenvalue weighted by Crippen LogP contribution is 2.31. The molecule has 0 atom stereocenters. The fraction of sp³-hybridized carbons (Fsp3) is 0.333. The number of esters is 1. The molecule has 0 aromatic heterocycles. The molecule has 6 heteroatoms. The first kappa shape index (κ1) is 20.8. The van der Waals surface area contributed by atoms with Gasteiger partial charge >= 0.3 is 5.97 Å². The van der Waals surface area contributed by atoms with Crippen LogP contribution >= 0.6 is 11.6 Å². The van der Waals surface area contributed by atoms with Gasteiger partial charge in [0.25, 0.3) is 5.91 Å². The van der Waals surface area contributed by atoms with Crippen LogP contribution < -0.4 is 10.1 Å². The highest BCUT2D eigenvalue weighted by molar-refractivity contribution is 6.30. The third-order valence-corrected chi connectivity index (χ3v) is 4.22. The average molecular weight is 390 g/mol. The highest BCUT2D eigenvalue weighted by Gasteiger charge is 2.17. The molecule has 0 aliphatic heterocycles. The summed E-state index contributed by atoms with van der Waals surface area (Å²) in [6.45, 7) is 5.88. The Balaban J connectivity index is 1.95. The lowest BCUT2D eigenvalue weighted by Gasteiger charge is -2.21. The Kier molecular flexibility index (Phi) is 6.86. The molecule has 2 aromatic rings. The summed E-state index contributed by atoms with van der Waals surface area (Å²) < 4.78 is 10.4. The van der Waals surface area contributed by atoms with Gasteiger partial charge in [-0.25, -0.2) is 0 Å². The first-order chi connectivity index (χ1) is 12.7. The summed E-state index contributed by atoms with van der Waals surface area (Å²) in [6, 6.07) is 12.5. The van der Waals surface area contributed by atoms with Crippen LogP contribution in [0.25, 0.3) is 0 Å². The Morgan fingerprint density at radius 3 is 2.33 bits per heavy atom. The Bertz CT molecular complexity index is 810. The van der Waals surface area contributed by atoms with Gasteiger partial charge in [-0.3, -0.25) is 9.59 Å². The first-order valence-corrected chi connectivity index (χ1v) is 8.95. The minimum absolute atomic E-state index is 0.0726. The van der Waals surface area contributed by atoms with Crippen molar-refractivity contribution < 1.29 is 19.1 Å². The van der Waals surface area contributed by atoms with Gasteiger partial charge in [0.1, 0.15) is 5.75 Å². The van der Waals surface area contributed by atoms with Crippen molar-refractivity contribution in [2.45, 2.75) is 32.6 Å². The van der Waals surface area contributed by atoms with Gasteiger partial charge in [-0.05, 0) is 40.8 Å². The van der Waals surface area contributed by atoms with Crippen molar-refractivity contribution >= 4 is 29.2 Å². The van der Waals surface area contributed by atoms with Crippen molar-refractivity contribution in [1.29, 1.82) is 0 Å². The molecule has 27 heavy (non-hydrogen) atoms. The van der Waals surface area contributed by atoms with Crippen molar-refractivity contribution in [1.82, 2.24) is 0 Å². The Hall–Kier alpha value is -2.53. The summed E-state index contributed by atoms with van der Waals surface area (Å²) in [5.41, 5.74) is 2.29. The van der Waals surface area contributed by atoms with Crippen LogP contribution in [0.3, 0.4) is 0 Å². The Labute approximate surface area is 164 Å². The number of hydrogen-bond donors (Lipinski definition) is 1. The van der Waals surface area contributed by atoms with Crippen LogP contribution in [0.15, 0.2) is 42.5 Å². The van der Waals surface area contributed by atoms with Crippen molar-refractivity contribution in [2.24, 2.45) is 0 Å². The second-order valence-electron chi connectivity index (χ2n) is 7.18. The molecule has 2 aromatic carbocycles. The molecular weight excluding hydrogens is 366 g/mol. The van der Waals surface area contributed by atoms with E-state index in [4.69, 9.17) is 21.1 Å². The van der Waals surface area contributed by atoms with Crippen molar-refractivity contribution in [3.63, 3.8) is 0 Å². The summed E-state index contributed by atoms with van der Waals surface area (Å²) in [7, 11) is 1.54. The zero-order valence-corrected chi connectivity index (χ0v) is 16.7. The van der Waals surface area contributed by atoms with Crippen LogP contribution in [0.1, 0.15) is 31.9 Å². The molecule has 0 aliphatic rings. The van der Waals surface area contributed by atoms with Crippen LogP contribution in [-0.4, -0.2) is 25.6 Å². The van der Waals surface area contributed by atoms with Gasteiger partial charge in [0.15, 0.2) is 6.61 Å². The van der Waals surface area contributed by atoms with E-state index >= 15 is 0 Å². The van der Waals surface area contributed by atoms with E-state index in [1.807, 2.05) is 18.2 Å². The molecule has 0 fully saturated rings. The van der Waals surface area contributed by atoms with Gasteiger partial charge in [-0.15, -0.1) is 0 Å². The first-order valence-electron chi connectivity index (χ1n) is 8.57. The zero-order valence-electron chi connectivity index (χ0n) is 16.0. The predicted octanol–water partition coefficient (Wildman–Crippen LogP) is 4.37. The molecule has 5 nitrogen and oxygen atoms in total. The lowest BCUT2D eigenvalue weighted by Crippen LogP contribution is -2.22. The van der Waals surface area contributed by atoms with Crippen molar-refractivity contribution in [3.8, 4) is 5.75 Å². The monoisotopic (exact) mass is 389 g/mol. The maximum Gasteiger partial charge on any atom is 0.310 e. The number of carbonyl (C=O) groups is 2. The fourth-order valence-electron chi connectivity index (χ4n) is 2.42. The smallest absolute Gasteiger partial charge is 0.310 e. The molecule has 0 unspecified atom stereocenters. The van der Waals surface area contributed by atoms with Crippen LogP contribution in [0.4, 0.5) is 5.69 Å². The summed E-state index contributed by atoms with van der Waals surface area (Å²) in [5.74, 6) is -0.365. The van der Waals surface area contributed by atoms with Crippen molar-refractivity contribution in [3.05, 3.63) is 58.6 Å². The average Bonchev–Trinajstić information content (AvgIpc) is 2.61. The van der Waals surface area contributed by atoms with Crippen LogP contribution in [0, 0.1) is 0 Å². The number of benzene rings is 2. The summed E-state index contributed by atoms with van der Waals surface area (Å²) in [6.07, 6.45) is 0.0767. The van der Waals surface area contributed by atoms with Gasteiger partial charge in [0, 0.05) is 5.02 Å². The standard InChI is InChI=1S/C21H24ClNO4/c1-21(2,3)15-7-10-18(26-4)17(12-15)23-19(24)13-27-20(25)11-14-5-8-16(22)9-6-14/h5-10,12H,11,13H2,1-4H3,(H,23,24). The molecule has 0 saturated carbocycles. The molecule has 2 rings (SSSR count). The summed E-state index contributed by atoms with van der Waals surface area (Å²) in [4.78, 5) is 24.1. The number of amides is 1. The number of rotatable bonds is 6. The Morgan fingerprint density at radius 2 is 1.74 bits per heavy atom. The minimum atomic E-state index is -0.483. The molecule has 1 amide bonds. The van der Waals surface area contributed by atoms with E-state index < -0.39 is 11.9 Å². The molecular formula is C21H24ClNO4.